The fourth-order valence-electron chi connectivity index (χ4n) is 4.71. The van der Waals surface area contributed by atoms with Crippen molar-refractivity contribution in [3.8, 4) is 11.4 Å². The molecule has 0 bridgehead atoms. The van der Waals surface area contributed by atoms with Crippen LogP contribution in [-0.4, -0.2) is 56.6 Å². The number of fused-ring (bicyclic) bond motifs is 1. The highest BCUT2D eigenvalue weighted by Gasteiger charge is 2.29. The molecule has 0 saturated carbocycles. The molecular formula is C26H28FN7O2. The van der Waals surface area contributed by atoms with Crippen molar-refractivity contribution in [2.24, 2.45) is 0 Å². The molecule has 9 nitrogen and oxygen atoms in total. The summed E-state index contributed by atoms with van der Waals surface area (Å²) in [7, 11) is 0. The number of nitrogens with one attached hydrogen (secondary N) is 1. The van der Waals surface area contributed by atoms with Crippen LogP contribution in [0, 0.1) is 19.7 Å². The minimum atomic E-state index is -0.422. The molecule has 1 saturated heterocycles. The fraction of sp³-hybridized carbons (Fsp3) is 0.346. The zero-order chi connectivity index (χ0) is 25.2. The number of amides is 1. The average Bonchev–Trinajstić information content (AvgIpc) is 3.45. The lowest BCUT2D eigenvalue weighted by Gasteiger charge is -2.18. The summed E-state index contributed by atoms with van der Waals surface area (Å²) >= 11 is 0. The van der Waals surface area contributed by atoms with Gasteiger partial charge in [0.25, 0.3) is 0 Å². The van der Waals surface area contributed by atoms with E-state index in [4.69, 9.17) is 9.84 Å². The van der Waals surface area contributed by atoms with E-state index in [0.29, 0.717) is 42.5 Å². The van der Waals surface area contributed by atoms with Gasteiger partial charge in [0, 0.05) is 37.6 Å². The topological polar surface area (TPSA) is 98.1 Å². The van der Waals surface area contributed by atoms with E-state index in [2.05, 4.69) is 25.4 Å². The van der Waals surface area contributed by atoms with E-state index in [0.717, 1.165) is 28.8 Å². The summed E-state index contributed by atoms with van der Waals surface area (Å²) in [4.78, 5) is 18.7. The lowest BCUT2D eigenvalue weighted by atomic mass is 10.2. The van der Waals surface area contributed by atoms with Crippen molar-refractivity contribution in [2.45, 2.75) is 39.7 Å². The number of hydrogen-bond acceptors (Lipinski definition) is 7. The number of rotatable bonds is 7. The molecule has 36 heavy (non-hydrogen) atoms. The largest absolute Gasteiger partial charge is 0.494 e. The first-order valence-corrected chi connectivity index (χ1v) is 12.0. The lowest BCUT2D eigenvalue weighted by molar-refractivity contribution is -0.121. The quantitative estimate of drug-likeness (QED) is 0.425. The minimum absolute atomic E-state index is 0.0148. The van der Waals surface area contributed by atoms with Gasteiger partial charge in [-0.25, -0.2) is 9.07 Å². The number of carbonyl (C=O) groups is 1. The Morgan fingerprint density at radius 2 is 2.11 bits per heavy atom. The number of aryl methyl sites for hydroxylation is 2. The van der Waals surface area contributed by atoms with Gasteiger partial charge in [-0.2, -0.15) is 10.2 Å². The van der Waals surface area contributed by atoms with E-state index in [1.165, 1.54) is 6.07 Å². The molecular weight excluding hydrogens is 461 g/mol. The van der Waals surface area contributed by atoms with Crippen LogP contribution >= 0.6 is 0 Å². The molecule has 10 heteroatoms. The van der Waals surface area contributed by atoms with E-state index in [-0.39, 0.29) is 18.4 Å². The molecule has 1 aliphatic heterocycles. The van der Waals surface area contributed by atoms with Crippen LogP contribution in [0.1, 0.15) is 30.3 Å². The first-order chi connectivity index (χ1) is 17.4. The van der Waals surface area contributed by atoms with Crippen molar-refractivity contribution >= 4 is 22.6 Å². The van der Waals surface area contributed by atoms with Gasteiger partial charge >= 0.3 is 0 Å². The van der Waals surface area contributed by atoms with Crippen molar-refractivity contribution in [3.05, 3.63) is 65.5 Å². The van der Waals surface area contributed by atoms with Gasteiger partial charge in [0.05, 0.1) is 29.8 Å². The highest BCUT2D eigenvalue weighted by molar-refractivity contribution is 5.92. The molecule has 0 aliphatic carbocycles. The third kappa shape index (κ3) is 4.58. The van der Waals surface area contributed by atoms with E-state index >= 15 is 0 Å². The maximum Gasteiger partial charge on any atom is 0.224 e. The van der Waals surface area contributed by atoms with E-state index in [1.54, 1.807) is 29.2 Å². The van der Waals surface area contributed by atoms with Crippen LogP contribution in [0.3, 0.4) is 0 Å². The summed E-state index contributed by atoms with van der Waals surface area (Å²) < 4.78 is 22.0. The van der Waals surface area contributed by atoms with Crippen molar-refractivity contribution in [1.29, 1.82) is 0 Å². The molecule has 4 heterocycles. The maximum absolute atomic E-state index is 15.0. The molecule has 1 N–H and O–H groups in total. The normalized spacial score (nSPS) is 15.4. The molecule has 0 spiro atoms. The Bertz CT molecular complexity index is 1410. The van der Waals surface area contributed by atoms with Crippen molar-refractivity contribution in [3.63, 3.8) is 0 Å². The minimum Gasteiger partial charge on any atom is -0.494 e. The number of halogens is 1. The van der Waals surface area contributed by atoms with Gasteiger partial charge in [0.2, 0.25) is 5.91 Å². The van der Waals surface area contributed by atoms with Crippen LogP contribution < -0.4 is 15.0 Å². The molecule has 1 aromatic carbocycles. The van der Waals surface area contributed by atoms with E-state index in [1.807, 2.05) is 32.9 Å². The van der Waals surface area contributed by atoms with Gasteiger partial charge in [0.1, 0.15) is 17.0 Å². The summed E-state index contributed by atoms with van der Waals surface area (Å²) in [6.07, 6.45) is 4.46. The van der Waals surface area contributed by atoms with Crippen LogP contribution in [0.5, 0.6) is 5.75 Å². The van der Waals surface area contributed by atoms with Crippen LogP contribution in [-0.2, 0) is 11.2 Å². The summed E-state index contributed by atoms with van der Waals surface area (Å²) in [6, 6.07) is 8.46. The van der Waals surface area contributed by atoms with Crippen LogP contribution in [0.15, 0.2) is 42.7 Å². The Hall–Kier alpha value is -4.08. The fourth-order valence-corrected chi connectivity index (χ4v) is 4.71. The molecule has 5 rings (SSSR count). The average molecular weight is 490 g/mol. The zero-order valence-electron chi connectivity index (χ0n) is 20.5. The lowest BCUT2D eigenvalue weighted by Crippen LogP contribution is -2.38. The number of hydrogen-bond donors (Lipinski definition) is 1. The van der Waals surface area contributed by atoms with Gasteiger partial charge in [-0.05, 0) is 51.0 Å². The van der Waals surface area contributed by atoms with Crippen molar-refractivity contribution in [2.75, 3.05) is 24.6 Å². The first-order valence-electron chi connectivity index (χ1n) is 12.0. The monoisotopic (exact) mass is 489 g/mol. The number of ether oxygens (including phenoxy) is 1. The van der Waals surface area contributed by atoms with Crippen LogP contribution in [0.4, 0.5) is 10.2 Å². The molecule has 1 fully saturated rings. The standard InChI is InChI=1S/C26H28FN7O2/c1-4-36-20-7-8-22(21(27)13-20)34-17(3)24-16(2)30-31-26(25(24)32-34)33-11-9-19(15-33)29-23(35)12-18-6-5-10-28-14-18/h5-8,10,13-14,19H,4,9,11-12,15H2,1-3H3,(H,29,35)/t19-/m0/s1. The van der Waals surface area contributed by atoms with Gasteiger partial charge in [-0.1, -0.05) is 6.07 Å². The Balaban J connectivity index is 1.39. The number of carbonyl (C=O) groups excluding carboxylic acids is 1. The molecule has 186 valence electrons. The second-order valence-corrected chi connectivity index (χ2v) is 8.91. The van der Waals surface area contributed by atoms with Crippen molar-refractivity contribution in [1.82, 2.24) is 30.3 Å². The third-order valence-corrected chi connectivity index (χ3v) is 6.38. The van der Waals surface area contributed by atoms with Gasteiger partial charge < -0.3 is 15.0 Å². The highest BCUT2D eigenvalue weighted by Crippen LogP contribution is 2.32. The number of anilines is 1. The Kier molecular flexibility index (Phi) is 6.49. The summed E-state index contributed by atoms with van der Waals surface area (Å²) in [6.45, 7) is 7.38. The van der Waals surface area contributed by atoms with Gasteiger partial charge in [-0.15, -0.1) is 5.10 Å². The smallest absolute Gasteiger partial charge is 0.224 e. The molecule has 1 aliphatic rings. The first kappa shape index (κ1) is 23.7. The highest BCUT2D eigenvalue weighted by atomic mass is 19.1. The molecule has 0 radical (unpaired) electrons. The van der Waals surface area contributed by atoms with E-state index < -0.39 is 5.82 Å². The number of aromatic nitrogens is 5. The summed E-state index contributed by atoms with van der Waals surface area (Å²) in [5, 5.41) is 17.5. The second kappa shape index (κ2) is 9.88. The maximum atomic E-state index is 15.0. The second-order valence-electron chi connectivity index (χ2n) is 8.91. The summed E-state index contributed by atoms with van der Waals surface area (Å²) in [5.41, 5.74) is 3.38. The Morgan fingerprint density at radius 1 is 1.25 bits per heavy atom. The zero-order valence-corrected chi connectivity index (χ0v) is 20.5. The molecule has 1 atom stereocenters. The predicted molar refractivity (Wildman–Crippen MR) is 134 cm³/mol. The molecule has 3 aromatic heterocycles. The van der Waals surface area contributed by atoms with Crippen LogP contribution in [0.2, 0.25) is 0 Å². The SMILES string of the molecule is CCOc1ccc(-n2nc3c(N4CC[C@H](NC(=O)Cc5cccnc5)C4)nnc(C)c3c2C)c(F)c1. The third-order valence-electron chi connectivity index (χ3n) is 6.38. The Morgan fingerprint density at radius 3 is 2.86 bits per heavy atom. The van der Waals surface area contributed by atoms with Crippen LogP contribution in [0.25, 0.3) is 16.6 Å². The number of pyridine rings is 1. The Labute approximate surface area is 208 Å². The van der Waals surface area contributed by atoms with E-state index in [9.17, 15) is 9.18 Å². The molecule has 1 amide bonds. The predicted octanol–water partition coefficient (Wildman–Crippen LogP) is 3.30. The number of nitrogens with zero attached hydrogens (tertiary/aromatic N) is 6. The molecule has 4 aromatic rings. The van der Waals surface area contributed by atoms with Crippen molar-refractivity contribution < 1.29 is 13.9 Å². The number of benzene rings is 1. The summed E-state index contributed by atoms with van der Waals surface area (Å²) in [5.74, 6) is 0.644. The van der Waals surface area contributed by atoms with Gasteiger partial charge in [0.15, 0.2) is 11.6 Å². The van der Waals surface area contributed by atoms with Gasteiger partial charge in [-0.3, -0.25) is 9.78 Å². The molecule has 0 unspecified atom stereocenters.